The van der Waals surface area contributed by atoms with Crippen LogP contribution in [-0.4, -0.2) is 35.2 Å². The average molecular weight is 320 g/mol. The highest BCUT2D eigenvalue weighted by Crippen LogP contribution is 2.28. The van der Waals surface area contributed by atoms with E-state index in [-0.39, 0.29) is 18.4 Å². The molecule has 0 aliphatic carbocycles. The van der Waals surface area contributed by atoms with Gasteiger partial charge in [0.05, 0.1) is 18.5 Å². The van der Waals surface area contributed by atoms with Crippen molar-refractivity contribution in [3.8, 4) is 11.3 Å². The maximum absolute atomic E-state index is 12.2. The zero-order valence-corrected chi connectivity index (χ0v) is 12.4. The van der Waals surface area contributed by atoms with Gasteiger partial charge in [0.25, 0.3) is 0 Å². The summed E-state index contributed by atoms with van der Waals surface area (Å²) in [7, 11) is 0. The van der Waals surface area contributed by atoms with Gasteiger partial charge in [-0.15, -0.1) is 0 Å². The van der Waals surface area contributed by atoms with Crippen LogP contribution in [0.2, 0.25) is 5.02 Å². The maximum atomic E-state index is 12.2. The summed E-state index contributed by atoms with van der Waals surface area (Å²) in [4.78, 5) is 23.3. The second-order valence-corrected chi connectivity index (χ2v) is 5.52. The highest BCUT2D eigenvalue weighted by molar-refractivity contribution is 6.33. The molecule has 0 saturated carbocycles. The number of halogens is 1. The van der Waals surface area contributed by atoms with Gasteiger partial charge in [-0.05, 0) is 6.07 Å². The van der Waals surface area contributed by atoms with E-state index < -0.39 is 5.97 Å². The van der Waals surface area contributed by atoms with Crippen LogP contribution in [-0.2, 0) is 9.53 Å². The molecule has 1 aromatic carbocycles. The normalized spacial score (nSPS) is 17.3. The first-order valence-corrected chi connectivity index (χ1v) is 7.25. The molecule has 114 valence electrons. The fraction of sp³-hybridized carbons (Fsp3) is 0.267. The smallest absolute Gasteiger partial charge is 0.341 e. The summed E-state index contributed by atoms with van der Waals surface area (Å²) in [6, 6.07) is 7.17. The predicted octanol–water partition coefficient (Wildman–Crippen LogP) is 2.02. The number of hydrogen-bond acceptors (Lipinski definition) is 4. The zero-order chi connectivity index (χ0) is 15.5. The molecule has 1 aliphatic heterocycles. The van der Waals surface area contributed by atoms with E-state index in [9.17, 15) is 9.59 Å². The lowest BCUT2D eigenvalue weighted by Crippen LogP contribution is -2.17. The summed E-state index contributed by atoms with van der Waals surface area (Å²) in [6.07, 6.45) is 1.80. The molecule has 3 rings (SSSR count). The van der Waals surface area contributed by atoms with Gasteiger partial charge in [0.1, 0.15) is 5.56 Å². The second kappa shape index (κ2) is 6.19. The minimum atomic E-state index is -0.483. The minimum Gasteiger partial charge on any atom is -0.462 e. The van der Waals surface area contributed by atoms with Crippen molar-refractivity contribution in [3.05, 3.63) is 41.0 Å². The maximum Gasteiger partial charge on any atom is 0.341 e. The molecule has 7 heteroatoms. The van der Waals surface area contributed by atoms with E-state index in [0.717, 1.165) is 0 Å². The van der Waals surface area contributed by atoms with Gasteiger partial charge in [0.2, 0.25) is 5.91 Å². The lowest BCUT2D eigenvalue weighted by Gasteiger charge is -2.09. The van der Waals surface area contributed by atoms with Crippen molar-refractivity contribution in [1.29, 1.82) is 0 Å². The van der Waals surface area contributed by atoms with Crippen LogP contribution >= 0.6 is 11.6 Å². The Morgan fingerprint density at radius 3 is 2.95 bits per heavy atom. The molecule has 1 atom stereocenters. The summed E-state index contributed by atoms with van der Waals surface area (Å²) in [5, 5.41) is 9.91. The summed E-state index contributed by atoms with van der Waals surface area (Å²) < 4.78 is 5.29. The van der Waals surface area contributed by atoms with Gasteiger partial charge in [-0.1, -0.05) is 29.8 Å². The molecule has 1 aromatic heterocycles. The fourth-order valence-corrected chi connectivity index (χ4v) is 2.59. The van der Waals surface area contributed by atoms with Gasteiger partial charge in [-0.25, -0.2) is 4.79 Å². The van der Waals surface area contributed by atoms with Gasteiger partial charge < -0.3 is 10.1 Å². The molecule has 22 heavy (non-hydrogen) atoms. The fourth-order valence-electron chi connectivity index (χ4n) is 2.36. The number of carbonyl (C=O) groups excluding carboxylic acids is 2. The number of amides is 1. The van der Waals surface area contributed by atoms with Crippen LogP contribution in [0.25, 0.3) is 11.3 Å². The molecule has 1 fully saturated rings. The van der Waals surface area contributed by atoms with Crippen molar-refractivity contribution in [2.75, 3.05) is 13.2 Å². The lowest BCUT2D eigenvalue weighted by molar-refractivity contribution is -0.119. The summed E-state index contributed by atoms with van der Waals surface area (Å²) in [5.74, 6) is -0.476. The molecular formula is C15H14ClN3O3. The van der Waals surface area contributed by atoms with Crippen molar-refractivity contribution >= 4 is 23.5 Å². The number of benzene rings is 1. The van der Waals surface area contributed by atoms with Crippen molar-refractivity contribution in [2.45, 2.75) is 6.42 Å². The van der Waals surface area contributed by atoms with E-state index in [0.29, 0.717) is 34.8 Å². The lowest BCUT2D eigenvalue weighted by atomic mass is 10.1. The van der Waals surface area contributed by atoms with Crippen molar-refractivity contribution in [2.24, 2.45) is 5.92 Å². The second-order valence-electron chi connectivity index (χ2n) is 5.11. The molecular weight excluding hydrogens is 306 g/mol. The van der Waals surface area contributed by atoms with E-state index in [1.807, 2.05) is 12.1 Å². The molecule has 2 heterocycles. The van der Waals surface area contributed by atoms with Crippen LogP contribution in [0.15, 0.2) is 30.5 Å². The number of aromatic nitrogens is 2. The first kappa shape index (κ1) is 14.6. The standard InChI is InChI=1S/C15H14ClN3O3/c16-12-4-2-1-3-10(12)14-11(7-18-19-14)15(21)22-8-9-5-13(20)17-6-9/h1-4,7,9H,5-6,8H2,(H,17,20)(H,18,19)/t9-/m0/s1. The quantitative estimate of drug-likeness (QED) is 0.844. The van der Waals surface area contributed by atoms with Gasteiger partial charge in [0.15, 0.2) is 0 Å². The number of nitrogens with zero attached hydrogens (tertiary/aromatic N) is 1. The Balaban J connectivity index is 1.73. The molecule has 2 aromatic rings. The third-order valence-electron chi connectivity index (χ3n) is 3.51. The number of H-pyrrole nitrogens is 1. The largest absolute Gasteiger partial charge is 0.462 e. The Morgan fingerprint density at radius 2 is 2.23 bits per heavy atom. The highest BCUT2D eigenvalue weighted by atomic mass is 35.5. The van der Waals surface area contributed by atoms with Crippen LogP contribution in [0.1, 0.15) is 16.8 Å². The molecule has 1 aliphatic rings. The third-order valence-corrected chi connectivity index (χ3v) is 3.84. The van der Waals surface area contributed by atoms with Crippen molar-refractivity contribution < 1.29 is 14.3 Å². The Labute approximate surface area is 131 Å². The molecule has 0 spiro atoms. The van der Waals surface area contributed by atoms with Gasteiger partial charge in [-0.3, -0.25) is 9.89 Å². The topological polar surface area (TPSA) is 84.1 Å². The zero-order valence-electron chi connectivity index (χ0n) is 11.6. The Kier molecular flexibility index (Phi) is 4.11. The number of ether oxygens (including phenoxy) is 1. The molecule has 2 N–H and O–H groups in total. The van der Waals surface area contributed by atoms with Crippen LogP contribution < -0.4 is 5.32 Å². The van der Waals surface area contributed by atoms with Crippen molar-refractivity contribution in [3.63, 3.8) is 0 Å². The van der Waals surface area contributed by atoms with Crippen LogP contribution in [0, 0.1) is 5.92 Å². The van der Waals surface area contributed by atoms with Gasteiger partial charge in [0, 0.05) is 29.5 Å². The van der Waals surface area contributed by atoms with Gasteiger partial charge >= 0.3 is 5.97 Å². The third kappa shape index (κ3) is 2.96. The predicted molar refractivity (Wildman–Crippen MR) is 80.4 cm³/mol. The molecule has 0 radical (unpaired) electrons. The Morgan fingerprint density at radius 1 is 1.41 bits per heavy atom. The van der Waals surface area contributed by atoms with Crippen LogP contribution in [0.5, 0.6) is 0 Å². The number of esters is 1. The summed E-state index contributed by atoms with van der Waals surface area (Å²) >= 11 is 6.14. The molecule has 0 unspecified atom stereocenters. The highest BCUT2D eigenvalue weighted by Gasteiger charge is 2.24. The van der Waals surface area contributed by atoms with E-state index in [4.69, 9.17) is 16.3 Å². The molecule has 6 nitrogen and oxygen atoms in total. The van der Waals surface area contributed by atoms with E-state index in [1.165, 1.54) is 6.20 Å². The first-order chi connectivity index (χ1) is 10.6. The van der Waals surface area contributed by atoms with Crippen molar-refractivity contribution in [1.82, 2.24) is 15.5 Å². The number of rotatable bonds is 4. The van der Waals surface area contributed by atoms with Gasteiger partial charge in [-0.2, -0.15) is 5.10 Å². The summed E-state index contributed by atoms with van der Waals surface area (Å²) in [5.41, 5.74) is 1.54. The first-order valence-electron chi connectivity index (χ1n) is 6.87. The molecule has 1 amide bonds. The number of nitrogens with one attached hydrogen (secondary N) is 2. The van der Waals surface area contributed by atoms with Crippen LogP contribution in [0.3, 0.4) is 0 Å². The molecule has 0 bridgehead atoms. The van der Waals surface area contributed by atoms with E-state index in [1.54, 1.807) is 12.1 Å². The van der Waals surface area contributed by atoms with E-state index >= 15 is 0 Å². The SMILES string of the molecule is O=C1C[C@H](COC(=O)c2cn[nH]c2-c2ccccc2Cl)CN1. The number of carbonyl (C=O) groups is 2. The Hall–Kier alpha value is -2.34. The van der Waals surface area contributed by atoms with Crippen LogP contribution in [0.4, 0.5) is 0 Å². The number of hydrogen-bond donors (Lipinski definition) is 2. The van der Waals surface area contributed by atoms with E-state index in [2.05, 4.69) is 15.5 Å². The number of aromatic amines is 1. The monoisotopic (exact) mass is 319 g/mol. The molecule has 1 saturated heterocycles. The Bertz CT molecular complexity index is 714. The average Bonchev–Trinajstić information content (AvgIpc) is 3.14. The minimum absolute atomic E-state index is 0.0129. The summed E-state index contributed by atoms with van der Waals surface area (Å²) in [6.45, 7) is 0.736.